The van der Waals surface area contributed by atoms with Crippen molar-refractivity contribution in [1.82, 2.24) is 20.4 Å². The Kier molecular flexibility index (Phi) is 8.71. The maximum atomic E-state index is 10.9. The summed E-state index contributed by atoms with van der Waals surface area (Å²) in [4.78, 5) is 19.7. The first-order valence-electron chi connectivity index (χ1n) is 10.8. The molecule has 3 aromatic rings. The topological polar surface area (TPSA) is 120 Å². The third-order valence-corrected chi connectivity index (χ3v) is 5.38. The van der Waals surface area contributed by atoms with Crippen molar-refractivity contribution in [3.63, 3.8) is 0 Å². The molecule has 0 spiro atoms. The van der Waals surface area contributed by atoms with Gasteiger partial charge in [-0.1, -0.05) is 28.9 Å². The number of halogens is 2. The SMILES string of the molecule is CC(C)Oc1ncc(-c2nc(-c3cccc4c3OCCNC4CCCC(=O)O)no2)cc1Cl.Cl. The smallest absolute Gasteiger partial charge is 0.303 e. The van der Waals surface area contributed by atoms with E-state index in [1.807, 2.05) is 32.0 Å². The van der Waals surface area contributed by atoms with Gasteiger partial charge in [-0.2, -0.15) is 4.98 Å². The maximum absolute atomic E-state index is 10.9. The molecular formula is C23H26Cl2N4O5. The summed E-state index contributed by atoms with van der Waals surface area (Å²) in [5, 5.41) is 16.9. The van der Waals surface area contributed by atoms with Crippen molar-refractivity contribution in [2.75, 3.05) is 13.2 Å². The van der Waals surface area contributed by atoms with Crippen LogP contribution in [-0.2, 0) is 4.79 Å². The van der Waals surface area contributed by atoms with Crippen LogP contribution >= 0.6 is 24.0 Å². The van der Waals surface area contributed by atoms with Crippen LogP contribution in [0.4, 0.5) is 0 Å². The number of hydrogen-bond acceptors (Lipinski definition) is 8. The van der Waals surface area contributed by atoms with Gasteiger partial charge in [0.25, 0.3) is 5.89 Å². The second kappa shape index (κ2) is 11.5. The number of ether oxygens (including phenoxy) is 2. The highest BCUT2D eigenvalue weighted by Gasteiger charge is 2.24. The Labute approximate surface area is 208 Å². The molecule has 2 N–H and O–H groups in total. The molecule has 0 bridgehead atoms. The predicted molar refractivity (Wildman–Crippen MR) is 129 cm³/mol. The number of benzene rings is 1. The highest BCUT2D eigenvalue weighted by molar-refractivity contribution is 6.32. The number of aromatic nitrogens is 3. The van der Waals surface area contributed by atoms with Gasteiger partial charge in [0.2, 0.25) is 11.7 Å². The lowest BCUT2D eigenvalue weighted by molar-refractivity contribution is -0.137. The number of rotatable bonds is 8. The fraction of sp³-hybridized carbons (Fsp3) is 0.391. The number of nitrogens with one attached hydrogen (secondary N) is 1. The van der Waals surface area contributed by atoms with Crippen molar-refractivity contribution in [3.05, 3.63) is 41.0 Å². The third-order valence-electron chi connectivity index (χ3n) is 5.11. The van der Waals surface area contributed by atoms with E-state index in [-0.39, 0.29) is 36.9 Å². The fourth-order valence-electron chi connectivity index (χ4n) is 3.68. The average molecular weight is 509 g/mol. The van der Waals surface area contributed by atoms with Crippen molar-refractivity contribution >= 4 is 30.0 Å². The molecule has 9 nitrogen and oxygen atoms in total. The van der Waals surface area contributed by atoms with E-state index in [2.05, 4.69) is 20.4 Å². The highest BCUT2D eigenvalue weighted by atomic mass is 35.5. The van der Waals surface area contributed by atoms with Crippen molar-refractivity contribution in [2.24, 2.45) is 0 Å². The Bertz CT molecular complexity index is 1140. The summed E-state index contributed by atoms with van der Waals surface area (Å²) in [5.74, 6) is 0.876. The molecule has 0 saturated heterocycles. The fourth-order valence-corrected chi connectivity index (χ4v) is 3.89. The highest BCUT2D eigenvalue weighted by Crippen LogP contribution is 2.38. The van der Waals surface area contributed by atoms with Gasteiger partial charge in [0.05, 0.1) is 17.2 Å². The van der Waals surface area contributed by atoms with E-state index >= 15 is 0 Å². The van der Waals surface area contributed by atoms with Gasteiger partial charge in [0.15, 0.2) is 0 Å². The molecule has 1 aromatic carbocycles. The zero-order chi connectivity index (χ0) is 23.4. The van der Waals surface area contributed by atoms with Crippen LogP contribution in [0.3, 0.4) is 0 Å². The number of carboxylic acid groups (broad SMARTS) is 1. The molecule has 1 atom stereocenters. The van der Waals surface area contributed by atoms with E-state index in [0.717, 1.165) is 5.56 Å². The van der Waals surface area contributed by atoms with Crippen molar-refractivity contribution < 1.29 is 23.9 Å². The summed E-state index contributed by atoms with van der Waals surface area (Å²) in [6, 6.07) is 7.40. The van der Waals surface area contributed by atoms with Crippen LogP contribution in [0.1, 0.15) is 44.7 Å². The van der Waals surface area contributed by atoms with Crippen molar-refractivity contribution in [1.29, 1.82) is 0 Å². The summed E-state index contributed by atoms with van der Waals surface area (Å²) in [7, 11) is 0. The Morgan fingerprint density at radius 2 is 2.21 bits per heavy atom. The lowest BCUT2D eigenvalue weighted by Crippen LogP contribution is -2.23. The number of para-hydroxylation sites is 1. The summed E-state index contributed by atoms with van der Waals surface area (Å²) in [6.07, 6.45) is 2.89. The van der Waals surface area contributed by atoms with Crippen molar-refractivity contribution in [3.8, 4) is 34.5 Å². The largest absolute Gasteiger partial charge is 0.491 e. The summed E-state index contributed by atoms with van der Waals surface area (Å²) < 4.78 is 17.1. The number of carboxylic acids is 1. The second-order valence-corrected chi connectivity index (χ2v) is 8.37. The quantitative estimate of drug-likeness (QED) is 0.435. The molecule has 0 amide bonds. The molecule has 1 unspecified atom stereocenters. The summed E-state index contributed by atoms with van der Waals surface area (Å²) in [5.41, 5.74) is 2.22. The number of carbonyl (C=O) groups is 1. The molecule has 0 radical (unpaired) electrons. The molecule has 2 aromatic heterocycles. The van der Waals surface area contributed by atoms with Gasteiger partial charge in [-0.3, -0.25) is 4.79 Å². The molecule has 1 aliphatic heterocycles. The molecule has 0 fully saturated rings. The predicted octanol–water partition coefficient (Wildman–Crippen LogP) is 4.94. The van der Waals surface area contributed by atoms with Crippen LogP contribution in [0.2, 0.25) is 5.02 Å². The van der Waals surface area contributed by atoms with Gasteiger partial charge in [-0.05, 0) is 38.8 Å². The minimum atomic E-state index is -0.799. The first kappa shape index (κ1) is 25.7. The van der Waals surface area contributed by atoms with E-state index in [0.29, 0.717) is 59.6 Å². The zero-order valence-electron chi connectivity index (χ0n) is 18.8. The van der Waals surface area contributed by atoms with E-state index in [4.69, 9.17) is 30.7 Å². The molecule has 11 heteroatoms. The van der Waals surface area contributed by atoms with E-state index in [1.165, 1.54) is 0 Å². The summed E-state index contributed by atoms with van der Waals surface area (Å²) in [6.45, 7) is 4.92. The second-order valence-electron chi connectivity index (χ2n) is 7.97. The lowest BCUT2D eigenvalue weighted by atomic mass is 9.97. The van der Waals surface area contributed by atoms with Crippen LogP contribution in [0.25, 0.3) is 22.8 Å². The Morgan fingerprint density at radius 3 is 2.94 bits per heavy atom. The number of fused-ring (bicyclic) bond motifs is 1. The van der Waals surface area contributed by atoms with Crippen LogP contribution in [0, 0.1) is 0 Å². The van der Waals surface area contributed by atoms with Gasteiger partial charge < -0.3 is 24.4 Å². The standard InChI is InChI=1S/C23H25ClN4O5.ClH/c1-13(2)32-23-17(24)11-14(12-26-23)22-27-21(28-33-22)16-6-3-5-15-18(7-4-8-19(29)30)25-9-10-31-20(15)16;/h3,5-6,11-13,18,25H,4,7-10H2,1-2H3,(H,29,30);1H. The van der Waals surface area contributed by atoms with Crippen LogP contribution < -0.4 is 14.8 Å². The Balaban J connectivity index is 0.00000324. The average Bonchev–Trinajstić information content (AvgIpc) is 3.17. The third kappa shape index (κ3) is 5.97. The minimum absolute atomic E-state index is 0. The van der Waals surface area contributed by atoms with Gasteiger partial charge >= 0.3 is 5.97 Å². The van der Waals surface area contributed by atoms with Crippen LogP contribution in [-0.4, -0.2) is 45.5 Å². The number of nitrogens with zero attached hydrogens (tertiary/aromatic N) is 3. The molecule has 34 heavy (non-hydrogen) atoms. The minimum Gasteiger partial charge on any atom is -0.491 e. The van der Waals surface area contributed by atoms with E-state index in [1.54, 1.807) is 12.3 Å². The Morgan fingerprint density at radius 1 is 1.38 bits per heavy atom. The molecular weight excluding hydrogens is 483 g/mol. The number of aliphatic carboxylic acids is 1. The van der Waals surface area contributed by atoms with E-state index in [9.17, 15) is 4.79 Å². The lowest BCUT2D eigenvalue weighted by Gasteiger charge is -2.18. The van der Waals surface area contributed by atoms with Crippen LogP contribution in [0.5, 0.6) is 11.6 Å². The molecule has 0 saturated carbocycles. The van der Waals surface area contributed by atoms with Gasteiger partial charge in [0, 0.05) is 30.8 Å². The van der Waals surface area contributed by atoms with Crippen molar-refractivity contribution in [2.45, 2.75) is 45.3 Å². The molecule has 1 aliphatic rings. The first-order valence-corrected chi connectivity index (χ1v) is 11.2. The van der Waals surface area contributed by atoms with Gasteiger partial charge in [-0.25, -0.2) is 4.98 Å². The zero-order valence-corrected chi connectivity index (χ0v) is 20.4. The van der Waals surface area contributed by atoms with Gasteiger partial charge in [-0.15, -0.1) is 12.4 Å². The molecule has 182 valence electrons. The Hall–Kier alpha value is -2.88. The normalized spacial score (nSPS) is 15.1. The van der Waals surface area contributed by atoms with Gasteiger partial charge in [0.1, 0.15) is 17.4 Å². The monoisotopic (exact) mass is 508 g/mol. The maximum Gasteiger partial charge on any atom is 0.303 e. The first-order chi connectivity index (χ1) is 15.9. The molecule has 3 heterocycles. The summed E-state index contributed by atoms with van der Waals surface area (Å²) >= 11 is 6.30. The van der Waals surface area contributed by atoms with Crippen LogP contribution in [0.15, 0.2) is 35.0 Å². The van der Waals surface area contributed by atoms with E-state index < -0.39 is 5.97 Å². The molecule has 0 aliphatic carbocycles. The number of pyridine rings is 1. The molecule has 4 rings (SSSR count). The number of hydrogen-bond donors (Lipinski definition) is 2.